The first-order chi connectivity index (χ1) is 8.48. The molecule has 1 aromatic rings. The number of aromatic nitrogens is 3. The van der Waals surface area contributed by atoms with Crippen LogP contribution >= 0.6 is 15.9 Å². The third-order valence-corrected chi connectivity index (χ3v) is 2.54. The van der Waals surface area contributed by atoms with E-state index in [-0.39, 0.29) is 6.61 Å². The molecule has 0 atom stereocenters. The Labute approximate surface area is 110 Å². The summed E-state index contributed by atoms with van der Waals surface area (Å²) in [7, 11) is 1.54. The smallest absolute Gasteiger partial charge is 0.383 e. The third-order valence-electron chi connectivity index (χ3n) is 2.04. The number of rotatable bonds is 7. The Balaban J connectivity index is 2.61. The fourth-order valence-electron chi connectivity index (χ4n) is 1.28. The van der Waals surface area contributed by atoms with Gasteiger partial charge in [-0.15, -0.1) is 10.2 Å². The van der Waals surface area contributed by atoms with E-state index in [1.807, 2.05) is 0 Å². The van der Waals surface area contributed by atoms with Gasteiger partial charge in [-0.2, -0.15) is 13.2 Å². The predicted octanol–water partition coefficient (Wildman–Crippen LogP) is 1.90. The van der Waals surface area contributed by atoms with Crippen LogP contribution in [0.5, 0.6) is 0 Å². The van der Waals surface area contributed by atoms with Crippen LogP contribution in [0.3, 0.4) is 0 Å². The van der Waals surface area contributed by atoms with Gasteiger partial charge in [0.2, 0.25) is 0 Å². The highest BCUT2D eigenvalue weighted by Crippen LogP contribution is 2.15. The van der Waals surface area contributed by atoms with E-state index in [1.165, 1.54) is 7.11 Å². The van der Waals surface area contributed by atoms with Gasteiger partial charge in [-0.3, -0.25) is 0 Å². The summed E-state index contributed by atoms with van der Waals surface area (Å²) < 4.78 is 47.0. The highest BCUT2D eigenvalue weighted by molar-refractivity contribution is 9.08. The summed E-state index contributed by atoms with van der Waals surface area (Å²) in [5, 5.41) is 8.11. The SMILES string of the molecule is COCCn1c(CBr)nnc1COCC(F)(F)F. The molecule has 0 aliphatic heterocycles. The third kappa shape index (κ3) is 4.91. The van der Waals surface area contributed by atoms with Gasteiger partial charge in [-0.1, -0.05) is 15.9 Å². The molecular formula is C9H13BrF3N3O2. The first-order valence-electron chi connectivity index (χ1n) is 5.08. The lowest BCUT2D eigenvalue weighted by Crippen LogP contribution is -2.18. The number of alkyl halides is 4. The number of halogens is 4. The Morgan fingerprint density at radius 1 is 1.28 bits per heavy atom. The molecule has 5 nitrogen and oxygen atoms in total. The van der Waals surface area contributed by atoms with Crippen LogP contribution in [0.2, 0.25) is 0 Å². The molecule has 0 fully saturated rings. The Bertz CT molecular complexity index is 370. The van der Waals surface area contributed by atoms with E-state index in [0.29, 0.717) is 30.1 Å². The highest BCUT2D eigenvalue weighted by atomic mass is 79.9. The van der Waals surface area contributed by atoms with E-state index in [4.69, 9.17) is 4.74 Å². The zero-order valence-electron chi connectivity index (χ0n) is 9.71. The van der Waals surface area contributed by atoms with Gasteiger partial charge < -0.3 is 14.0 Å². The van der Waals surface area contributed by atoms with Gasteiger partial charge in [-0.05, 0) is 0 Å². The second kappa shape index (κ2) is 7.05. The molecule has 0 aliphatic carbocycles. The molecule has 0 radical (unpaired) electrons. The van der Waals surface area contributed by atoms with Gasteiger partial charge >= 0.3 is 6.18 Å². The summed E-state index contributed by atoms with van der Waals surface area (Å²) in [6, 6.07) is 0. The van der Waals surface area contributed by atoms with Gasteiger partial charge in [0.25, 0.3) is 0 Å². The van der Waals surface area contributed by atoms with E-state index >= 15 is 0 Å². The normalized spacial score (nSPS) is 12.1. The largest absolute Gasteiger partial charge is 0.411 e. The lowest BCUT2D eigenvalue weighted by molar-refractivity contribution is -0.177. The molecule has 1 rings (SSSR count). The number of hydrogen-bond acceptors (Lipinski definition) is 4. The first kappa shape index (κ1) is 15.4. The Morgan fingerprint density at radius 2 is 1.94 bits per heavy atom. The van der Waals surface area contributed by atoms with E-state index < -0.39 is 12.8 Å². The molecule has 18 heavy (non-hydrogen) atoms. The van der Waals surface area contributed by atoms with Crippen LogP contribution in [0.1, 0.15) is 11.6 Å². The van der Waals surface area contributed by atoms with E-state index in [0.717, 1.165) is 0 Å². The lowest BCUT2D eigenvalue weighted by atomic mass is 10.5. The molecule has 0 amide bonds. The summed E-state index contributed by atoms with van der Waals surface area (Å²) in [5.74, 6) is 0.975. The van der Waals surface area contributed by atoms with Crippen LogP contribution in [-0.2, 0) is 28.0 Å². The fraction of sp³-hybridized carbons (Fsp3) is 0.778. The molecule has 0 unspecified atom stereocenters. The van der Waals surface area contributed by atoms with Crippen LogP contribution in [0.4, 0.5) is 13.2 Å². The second-order valence-corrected chi connectivity index (χ2v) is 3.98. The molecule has 0 spiro atoms. The van der Waals surface area contributed by atoms with Crippen molar-refractivity contribution in [3.8, 4) is 0 Å². The zero-order chi connectivity index (χ0) is 13.6. The Morgan fingerprint density at radius 3 is 2.50 bits per heavy atom. The number of hydrogen-bond donors (Lipinski definition) is 0. The van der Waals surface area contributed by atoms with Crippen molar-refractivity contribution in [2.24, 2.45) is 0 Å². The molecule has 104 valence electrons. The summed E-state index contributed by atoms with van der Waals surface area (Å²) >= 11 is 3.23. The molecular weight excluding hydrogens is 319 g/mol. The summed E-state index contributed by atoms with van der Waals surface area (Å²) in [4.78, 5) is 0. The minimum absolute atomic E-state index is 0.233. The van der Waals surface area contributed by atoms with Crippen molar-refractivity contribution in [2.75, 3.05) is 20.3 Å². The topological polar surface area (TPSA) is 49.2 Å². The summed E-state index contributed by atoms with van der Waals surface area (Å²) in [6.07, 6.45) is -4.34. The number of methoxy groups -OCH3 is 1. The monoisotopic (exact) mass is 331 g/mol. The van der Waals surface area contributed by atoms with Crippen molar-refractivity contribution in [1.82, 2.24) is 14.8 Å². The quantitative estimate of drug-likeness (QED) is 0.716. The molecule has 9 heteroatoms. The number of nitrogens with zero attached hydrogens (tertiary/aromatic N) is 3. The van der Waals surface area contributed by atoms with Crippen LogP contribution in [0.25, 0.3) is 0 Å². The van der Waals surface area contributed by atoms with Gasteiger partial charge in [0.05, 0.1) is 11.9 Å². The van der Waals surface area contributed by atoms with E-state index in [9.17, 15) is 13.2 Å². The summed E-state index contributed by atoms with van der Waals surface area (Å²) in [5.41, 5.74) is 0. The van der Waals surface area contributed by atoms with E-state index in [1.54, 1.807) is 4.57 Å². The Kier molecular flexibility index (Phi) is 6.03. The minimum atomic E-state index is -4.34. The molecule has 0 saturated carbocycles. The average Bonchev–Trinajstić information content (AvgIpc) is 2.67. The molecule has 0 aromatic carbocycles. The minimum Gasteiger partial charge on any atom is -0.383 e. The lowest BCUT2D eigenvalue weighted by Gasteiger charge is -2.10. The standard InChI is InChI=1S/C9H13BrF3N3O2/c1-17-3-2-16-7(4-10)14-15-8(16)5-18-6-9(11,12)13/h2-6H2,1H3. The van der Waals surface area contributed by atoms with Crippen LogP contribution < -0.4 is 0 Å². The van der Waals surface area contributed by atoms with Crippen molar-refractivity contribution >= 4 is 15.9 Å². The number of ether oxygens (including phenoxy) is 2. The first-order valence-corrected chi connectivity index (χ1v) is 6.20. The maximum Gasteiger partial charge on any atom is 0.411 e. The summed E-state index contributed by atoms with van der Waals surface area (Å²) in [6.45, 7) is -0.642. The highest BCUT2D eigenvalue weighted by Gasteiger charge is 2.27. The van der Waals surface area contributed by atoms with Crippen molar-refractivity contribution in [1.29, 1.82) is 0 Å². The van der Waals surface area contributed by atoms with Crippen molar-refractivity contribution in [3.63, 3.8) is 0 Å². The van der Waals surface area contributed by atoms with Gasteiger partial charge in [0.1, 0.15) is 19.0 Å². The molecule has 0 N–H and O–H groups in total. The molecule has 0 aliphatic rings. The zero-order valence-corrected chi connectivity index (χ0v) is 11.3. The van der Waals surface area contributed by atoms with E-state index in [2.05, 4.69) is 30.9 Å². The van der Waals surface area contributed by atoms with Crippen LogP contribution in [0.15, 0.2) is 0 Å². The predicted molar refractivity (Wildman–Crippen MR) is 60.2 cm³/mol. The van der Waals surface area contributed by atoms with Gasteiger partial charge in [-0.25, -0.2) is 0 Å². The molecule has 0 saturated heterocycles. The van der Waals surface area contributed by atoms with Crippen LogP contribution in [0, 0.1) is 0 Å². The van der Waals surface area contributed by atoms with Crippen LogP contribution in [-0.4, -0.2) is 41.3 Å². The average molecular weight is 332 g/mol. The van der Waals surface area contributed by atoms with Crippen molar-refractivity contribution in [2.45, 2.75) is 24.7 Å². The maximum atomic E-state index is 11.9. The molecule has 0 bridgehead atoms. The van der Waals surface area contributed by atoms with Gasteiger partial charge in [0, 0.05) is 13.7 Å². The second-order valence-electron chi connectivity index (χ2n) is 3.42. The van der Waals surface area contributed by atoms with Gasteiger partial charge in [0.15, 0.2) is 5.82 Å². The Hall–Kier alpha value is -0.670. The molecule has 1 heterocycles. The van der Waals surface area contributed by atoms with Crippen molar-refractivity contribution in [3.05, 3.63) is 11.6 Å². The fourth-order valence-corrected chi connectivity index (χ4v) is 1.69. The molecule has 1 aromatic heterocycles. The van der Waals surface area contributed by atoms with Crippen molar-refractivity contribution < 1.29 is 22.6 Å². The maximum absolute atomic E-state index is 11.9.